The number of rotatable bonds is 3. The van der Waals surface area contributed by atoms with Gasteiger partial charge in [-0.2, -0.15) is 5.26 Å². The molecule has 0 aliphatic rings. The maximum absolute atomic E-state index is 10.1. The van der Waals surface area contributed by atoms with E-state index in [9.17, 15) is 5.26 Å². The van der Waals surface area contributed by atoms with Gasteiger partial charge >= 0.3 is 0 Å². The molecule has 4 heteroatoms. The second-order valence-corrected chi connectivity index (χ2v) is 12.1. The molecule has 0 fully saturated rings. The molecule has 0 unspecified atom stereocenters. The number of hydrogen-bond donors (Lipinski definition) is 0. The molecule has 0 aliphatic carbocycles. The SMILES string of the molecule is N#Cc1ccccc1-c1cc(-n2c3ccccc3c3ccccc32)cc(-n2c3ccccc3c3c4oc5ccccc5c4ccc32)c1. The van der Waals surface area contributed by atoms with E-state index in [-0.39, 0.29) is 0 Å². The van der Waals surface area contributed by atoms with Crippen molar-refractivity contribution in [1.29, 1.82) is 5.26 Å². The fourth-order valence-electron chi connectivity index (χ4n) is 7.55. The molecule has 0 saturated heterocycles. The molecular formula is C43H25N3O. The van der Waals surface area contributed by atoms with Gasteiger partial charge in [0.25, 0.3) is 0 Å². The maximum atomic E-state index is 10.1. The summed E-state index contributed by atoms with van der Waals surface area (Å²) in [6, 6.07) is 55.3. The number of furan rings is 1. The van der Waals surface area contributed by atoms with Crippen molar-refractivity contribution in [2.24, 2.45) is 0 Å². The number of nitriles is 1. The van der Waals surface area contributed by atoms with Crippen molar-refractivity contribution >= 4 is 65.6 Å². The molecule has 0 aliphatic heterocycles. The number of para-hydroxylation sites is 4. The number of fused-ring (bicyclic) bond motifs is 10. The zero-order chi connectivity index (χ0) is 31.1. The molecule has 3 aromatic heterocycles. The lowest BCUT2D eigenvalue weighted by molar-refractivity contribution is 0.673. The third-order valence-electron chi connectivity index (χ3n) is 9.54. The Balaban J connectivity index is 1.35. The Kier molecular flexibility index (Phi) is 5.32. The van der Waals surface area contributed by atoms with Crippen LogP contribution < -0.4 is 0 Å². The highest BCUT2D eigenvalue weighted by Gasteiger charge is 2.21. The summed E-state index contributed by atoms with van der Waals surface area (Å²) < 4.78 is 11.3. The Bertz CT molecular complexity index is 2880. The van der Waals surface area contributed by atoms with Crippen molar-refractivity contribution in [1.82, 2.24) is 9.13 Å². The molecule has 47 heavy (non-hydrogen) atoms. The van der Waals surface area contributed by atoms with E-state index in [1.807, 2.05) is 36.4 Å². The van der Waals surface area contributed by atoms with E-state index in [4.69, 9.17) is 4.42 Å². The van der Waals surface area contributed by atoms with Gasteiger partial charge in [0, 0.05) is 38.3 Å². The van der Waals surface area contributed by atoms with E-state index in [2.05, 4.69) is 130 Å². The Hall–Kier alpha value is -6.57. The highest BCUT2D eigenvalue weighted by atomic mass is 16.3. The summed E-state index contributed by atoms with van der Waals surface area (Å²) in [5.74, 6) is 0. The number of aromatic nitrogens is 2. The van der Waals surface area contributed by atoms with Crippen molar-refractivity contribution in [3.8, 4) is 28.6 Å². The van der Waals surface area contributed by atoms with Gasteiger partial charge < -0.3 is 13.6 Å². The summed E-state index contributed by atoms with van der Waals surface area (Å²) in [5.41, 5.74) is 10.8. The molecule has 0 N–H and O–H groups in total. The van der Waals surface area contributed by atoms with Crippen LogP contribution in [-0.4, -0.2) is 9.13 Å². The molecule has 0 radical (unpaired) electrons. The van der Waals surface area contributed by atoms with Gasteiger partial charge in [-0.15, -0.1) is 0 Å². The highest BCUT2D eigenvalue weighted by Crippen LogP contribution is 2.42. The highest BCUT2D eigenvalue weighted by molar-refractivity contribution is 6.24. The third kappa shape index (κ3) is 3.63. The van der Waals surface area contributed by atoms with Gasteiger partial charge in [-0.3, -0.25) is 0 Å². The van der Waals surface area contributed by atoms with Crippen LogP contribution >= 0.6 is 0 Å². The molecule has 3 heterocycles. The number of nitrogens with zero attached hydrogens (tertiary/aromatic N) is 3. The molecule has 10 rings (SSSR count). The van der Waals surface area contributed by atoms with Gasteiger partial charge in [0.15, 0.2) is 0 Å². The van der Waals surface area contributed by atoms with E-state index in [1.54, 1.807) is 0 Å². The molecule has 218 valence electrons. The smallest absolute Gasteiger partial charge is 0.145 e. The molecular weight excluding hydrogens is 574 g/mol. The predicted molar refractivity (Wildman–Crippen MR) is 193 cm³/mol. The van der Waals surface area contributed by atoms with Crippen LogP contribution in [0.5, 0.6) is 0 Å². The average Bonchev–Trinajstić information content (AvgIpc) is 3.79. The first-order valence-electron chi connectivity index (χ1n) is 15.8. The molecule has 10 aromatic rings. The lowest BCUT2D eigenvalue weighted by Crippen LogP contribution is -2.00. The Morgan fingerprint density at radius 3 is 1.72 bits per heavy atom. The zero-order valence-corrected chi connectivity index (χ0v) is 25.2. The Labute approximate surface area is 269 Å². The lowest BCUT2D eigenvalue weighted by Gasteiger charge is -2.16. The van der Waals surface area contributed by atoms with E-state index in [0.717, 1.165) is 77.3 Å². The monoisotopic (exact) mass is 599 g/mol. The zero-order valence-electron chi connectivity index (χ0n) is 25.2. The van der Waals surface area contributed by atoms with Crippen LogP contribution in [0.3, 0.4) is 0 Å². The first-order valence-corrected chi connectivity index (χ1v) is 15.8. The van der Waals surface area contributed by atoms with Gasteiger partial charge in [-0.1, -0.05) is 91.0 Å². The Morgan fingerprint density at radius 2 is 1.02 bits per heavy atom. The molecule has 0 saturated carbocycles. The van der Waals surface area contributed by atoms with E-state index < -0.39 is 0 Å². The van der Waals surface area contributed by atoms with Crippen LogP contribution in [0.4, 0.5) is 0 Å². The van der Waals surface area contributed by atoms with Gasteiger partial charge in [0.05, 0.1) is 39.1 Å². The van der Waals surface area contributed by atoms with Crippen molar-refractivity contribution < 1.29 is 4.42 Å². The summed E-state index contributed by atoms with van der Waals surface area (Å²) in [6.07, 6.45) is 0. The summed E-state index contributed by atoms with van der Waals surface area (Å²) >= 11 is 0. The van der Waals surface area contributed by atoms with Crippen molar-refractivity contribution in [3.05, 3.63) is 157 Å². The molecule has 0 amide bonds. The van der Waals surface area contributed by atoms with Crippen LogP contribution in [0.25, 0.3) is 88.1 Å². The summed E-state index contributed by atoms with van der Waals surface area (Å²) in [4.78, 5) is 0. The van der Waals surface area contributed by atoms with Crippen LogP contribution in [0.1, 0.15) is 5.56 Å². The standard InChI is InChI=1S/C43H25N3O/c44-26-27-11-1-2-12-31(27)28-23-29(45-37-17-7-3-13-32(37)33-14-4-8-18-38(33)45)25-30(24-28)46-39-19-9-5-16-36(39)42-40(46)22-21-35-34-15-6-10-20-41(34)47-43(35)42/h1-25H. The van der Waals surface area contributed by atoms with E-state index >= 15 is 0 Å². The van der Waals surface area contributed by atoms with Gasteiger partial charge in [0.2, 0.25) is 0 Å². The van der Waals surface area contributed by atoms with Crippen molar-refractivity contribution in [3.63, 3.8) is 0 Å². The summed E-state index contributed by atoms with van der Waals surface area (Å²) in [5, 5.41) is 17.0. The van der Waals surface area contributed by atoms with E-state index in [0.29, 0.717) is 5.56 Å². The van der Waals surface area contributed by atoms with Gasteiger partial charge in [0.1, 0.15) is 11.2 Å². The summed E-state index contributed by atoms with van der Waals surface area (Å²) in [6.45, 7) is 0. The van der Waals surface area contributed by atoms with Crippen LogP contribution in [-0.2, 0) is 0 Å². The minimum Gasteiger partial charge on any atom is -0.455 e. The molecule has 0 atom stereocenters. The van der Waals surface area contributed by atoms with Gasteiger partial charge in [-0.05, 0) is 71.8 Å². The normalized spacial score (nSPS) is 11.8. The first-order chi connectivity index (χ1) is 23.3. The number of benzene rings is 7. The Morgan fingerprint density at radius 1 is 0.468 bits per heavy atom. The average molecular weight is 600 g/mol. The fraction of sp³-hybridized carbons (Fsp3) is 0. The van der Waals surface area contributed by atoms with Crippen LogP contribution in [0.2, 0.25) is 0 Å². The molecule has 0 bridgehead atoms. The molecule has 7 aromatic carbocycles. The minimum atomic E-state index is 0.643. The third-order valence-corrected chi connectivity index (χ3v) is 9.54. The van der Waals surface area contributed by atoms with Crippen LogP contribution in [0, 0.1) is 11.3 Å². The summed E-state index contributed by atoms with van der Waals surface area (Å²) in [7, 11) is 0. The van der Waals surface area contributed by atoms with Crippen molar-refractivity contribution in [2.75, 3.05) is 0 Å². The second-order valence-electron chi connectivity index (χ2n) is 12.1. The van der Waals surface area contributed by atoms with E-state index in [1.165, 1.54) is 10.8 Å². The second kappa shape index (κ2) is 9.71. The lowest BCUT2D eigenvalue weighted by atomic mass is 9.99. The fourth-order valence-corrected chi connectivity index (χ4v) is 7.55. The molecule has 0 spiro atoms. The maximum Gasteiger partial charge on any atom is 0.145 e. The quantitative estimate of drug-likeness (QED) is 0.203. The predicted octanol–water partition coefficient (Wildman–Crippen LogP) is 11.3. The largest absolute Gasteiger partial charge is 0.455 e. The first kappa shape index (κ1) is 25.7. The minimum absolute atomic E-state index is 0.643. The molecule has 4 nitrogen and oxygen atoms in total. The van der Waals surface area contributed by atoms with Crippen molar-refractivity contribution in [2.45, 2.75) is 0 Å². The van der Waals surface area contributed by atoms with Gasteiger partial charge in [-0.25, -0.2) is 0 Å². The number of hydrogen-bond acceptors (Lipinski definition) is 2. The topological polar surface area (TPSA) is 46.8 Å². The van der Waals surface area contributed by atoms with Crippen LogP contribution in [0.15, 0.2) is 156 Å².